The minimum atomic E-state index is -0.586. The molecule has 3 amide bonds. The zero-order chi connectivity index (χ0) is 30.9. The van der Waals surface area contributed by atoms with E-state index in [0.717, 1.165) is 15.3 Å². The maximum atomic E-state index is 13.4. The average molecular weight is 659 g/mol. The normalized spacial score (nSPS) is 11.8. The lowest BCUT2D eigenvalue weighted by molar-refractivity contribution is -0.116. The SMILES string of the molecule is O=C(Nc1ccc(SC(C(=O)Nc2ccc(Cl)cc2Cl)c2ccccc2)cc1)/C(=C/c1cccs1)NC(=O)c1ccccc1. The molecule has 0 bridgehead atoms. The summed E-state index contributed by atoms with van der Waals surface area (Å²) in [6.07, 6.45) is 1.64. The van der Waals surface area contributed by atoms with Gasteiger partial charge in [0.25, 0.3) is 11.8 Å². The minimum absolute atomic E-state index is 0.112. The van der Waals surface area contributed by atoms with Gasteiger partial charge >= 0.3 is 0 Å². The van der Waals surface area contributed by atoms with Gasteiger partial charge in [0.05, 0.1) is 10.7 Å². The number of halogens is 2. The number of carbonyl (C=O) groups is 3. The van der Waals surface area contributed by atoms with Gasteiger partial charge in [0.1, 0.15) is 10.9 Å². The fraction of sp³-hybridized carbons (Fsp3) is 0.0294. The molecule has 44 heavy (non-hydrogen) atoms. The number of carbonyl (C=O) groups excluding carboxylic acids is 3. The molecule has 0 spiro atoms. The van der Waals surface area contributed by atoms with Crippen molar-refractivity contribution in [3.8, 4) is 0 Å². The lowest BCUT2D eigenvalue weighted by Crippen LogP contribution is -2.30. The lowest BCUT2D eigenvalue weighted by Gasteiger charge is -2.18. The molecule has 0 fully saturated rings. The van der Waals surface area contributed by atoms with Crippen LogP contribution < -0.4 is 16.0 Å². The number of amides is 3. The van der Waals surface area contributed by atoms with Crippen molar-refractivity contribution in [3.63, 3.8) is 0 Å². The molecule has 1 atom stereocenters. The highest BCUT2D eigenvalue weighted by atomic mass is 35.5. The molecule has 4 aromatic carbocycles. The van der Waals surface area contributed by atoms with Crippen molar-refractivity contribution >= 4 is 81.5 Å². The second kappa shape index (κ2) is 14.9. The van der Waals surface area contributed by atoms with Crippen molar-refractivity contribution in [1.29, 1.82) is 0 Å². The van der Waals surface area contributed by atoms with Crippen LogP contribution in [0.25, 0.3) is 6.08 Å². The van der Waals surface area contributed by atoms with Gasteiger partial charge in [-0.25, -0.2) is 0 Å². The average Bonchev–Trinajstić information content (AvgIpc) is 3.55. The van der Waals surface area contributed by atoms with Crippen LogP contribution in [0.3, 0.4) is 0 Å². The highest BCUT2D eigenvalue weighted by Crippen LogP contribution is 2.37. The predicted molar refractivity (Wildman–Crippen MR) is 181 cm³/mol. The summed E-state index contributed by atoms with van der Waals surface area (Å²) < 4.78 is 0. The number of hydrogen-bond acceptors (Lipinski definition) is 5. The number of rotatable bonds is 10. The van der Waals surface area contributed by atoms with Gasteiger partial charge < -0.3 is 16.0 Å². The smallest absolute Gasteiger partial charge is 0.272 e. The van der Waals surface area contributed by atoms with Gasteiger partial charge in [-0.2, -0.15) is 0 Å². The molecule has 220 valence electrons. The zero-order valence-corrected chi connectivity index (χ0v) is 26.1. The summed E-state index contributed by atoms with van der Waals surface area (Å²) >= 11 is 15.1. The molecule has 0 aliphatic heterocycles. The van der Waals surface area contributed by atoms with E-state index in [1.54, 1.807) is 60.7 Å². The first-order valence-corrected chi connectivity index (χ1v) is 15.9. The number of hydrogen-bond donors (Lipinski definition) is 3. The summed E-state index contributed by atoms with van der Waals surface area (Å²) in [5.41, 5.74) is 2.36. The molecule has 5 aromatic rings. The first kappa shape index (κ1) is 31.1. The Bertz CT molecular complexity index is 1780. The zero-order valence-electron chi connectivity index (χ0n) is 23.0. The van der Waals surface area contributed by atoms with Gasteiger partial charge in [-0.3, -0.25) is 14.4 Å². The van der Waals surface area contributed by atoms with Crippen LogP contribution in [0.4, 0.5) is 11.4 Å². The van der Waals surface area contributed by atoms with Crippen LogP contribution in [0, 0.1) is 0 Å². The summed E-state index contributed by atoms with van der Waals surface area (Å²) in [6.45, 7) is 0. The third kappa shape index (κ3) is 8.39. The van der Waals surface area contributed by atoms with Crippen LogP contribution in [0.15, 0.2) is 131 Å². The Kier molecular flexibility index (Phi) is 10.5. The van der Waals surface area contributed by atoms with E-state index in [2.05, 4.69) is 16.0 Å². The van der Waals surface area contributed by atoms with E-state index in [-0.39, 0.29) is 17.5 Å². The van der Waals surface area contributed by atoms with Gasteiger partial charge in [-0.15, -0.1) is 23.1 Å². The highest BCUT2D eigenvalue weighted by Gasteiger charge is 2.23. The predicted octanol–water partition coefficient (Wildman–Crippen LogP) is 8.94. The summed E-state index contributed by atoms with van der Waals surface area (Å²) in [7, 11) is 0. The van der Waals surface area contributed by atoms with Crippen molar-refractivity contribution < 1.29 is 14.4 Å². The Morgan fingerprint density at radius 1 is 0.773 bits per heavy atom. The standard InChI is InChI=1S/C34H25Cl2N3O3S2/c35-24-13-18-29(28(36)20-24)38-34(42)31(22-8-3-1-4-9-22)44-26-16-14-25(15-17-26)37-33(41)30(21-27-12-7-19-43-27)39-32(40)23-10-5-2-6-11-23/h1-21,31H,(H,37,41)(H,38,42)(H,39,40)/b30-21-. The molecule has 1 unspecified atom stereocenters. The van der Waals surface area contributed by atoms with Crippen LogP contribution >= 0.6 is 46.3 Å². The first-order valence-electron chi connectivity index (χ1n) is 13.4. The van der Waals surface area contributed by atoms with E-state index >= 15 is 0 Å². The largest absolute Gasteiger partial charge is 0.323 e. The molecule has 6 nitrogen and oxygen atoms in total. The van der Waals surface area contributed by atoms with Crippen LogP contribution in [0.1, 0.15) is 26.0 Å². The van der Waals surface area contributed by atoms with Crippen molar-refractivity contribution in [2.75, 3.05) is 10.6 Å². The molecule has 0 saturated carbocycles. The Balaban J connectivity index is 1.31. The van der Waals surface area contributed by atoms with E-state index in [1.807, 2.05) is 66.0 Å². The van der Waals surface area contributed by atoms with Gasteiger partial charge in [0, 0.05) is 26.0 Å². The summed E-state index contributed by atoms with van der Waals surface area (Å²) in [6, 6.07) is 33.9. The third-order valence-corrected chi connectivity index (χ3v) is 8.89. The van der Waals surface area contributed by atoms with Gasteiger partial charge in [-0.05, 0) is 77.7 Å². The van der Waals surface area contributed by atoms with E-state index in [9.17, 15) is 14.4 Å². The molecule has 1 heterocycles. The van der Waals surface area contributed by atoms with E-state index < -0.39 is 11.2 Å². The highest BCUT2D eigenvalue weighted by molar-refractivity contribution is 8.00. The number of anilines is 2. The number of nitrogens with one attached hydrogen (secondary N) is 3. The van der Waals surface area contributed by atoms with Crippen molar-refractivity contribution in [1.82, 2.24) is 5.32 Å². The molecule has 0 radical (unpaired) electrons. The molecule has 0 aliphatic carbocycles. The Labute approximate surface area is 273 Å². The van der Waals surface area contributed by atoms with Crippen LogP contribution in [-0.4, -0.2) is 17.7 Å². The quantitative estimate of drug-likeness (QED) is 0.103. The molecule has 0 saturated heterocycles. The van der Waals surface area contributed by atoms with Crippen LogP contribution in [0.2, 0.25) is 10.0 Å². The monoisotopic (exact) mass is 657 g/mol. The second-order valence-corrected chi connectivity index (χ2v) is 12.4. The molecule has 10 heteroatoms. The Morgan fingerprint density at radius 2 is 1.48 bits per heavy atom. The molecular formula is C34H25Cl2N3O3S2. The van der Waals surface area contributed by atoms with Crippen LogP contribution in [-0.2, 0) is 9.59 Å². The fourth-order valence-electron chi connectivity index (χ4n) is 4.10. The van der Waals surface area contributed by atoms with E-state index in [0.29, 0.717) is 27.0 Å². The van der Waals surface area contributed by atoms with Gasteiger partial charge in [0.15, 0.2) is 0 Å². The Hall–Kier alpha value is -4.34. The summed E-state index contributed by atoms with van der Waals surface area (Å²) in [5, 5.41) is 10.6. The van der Waals surface area contributed by atoms with Crippen molar-refractivity contribution in [2.24, 2.45) is 0 Å². The number of thioether (sulfide) groups is 1. The number of benzene rings is 4. The molecule has 1 aromatic heterocycles. The third-order valence-electron chi connectivity index (χ3n) is 6.25. The Morgan fingerprint density at radius 3 is 2.14 bits per heavy atom. The van der Waals surface area contributed by atoms with Crippen molar-refractivity contribution in [2.45, 2.75) is 10.1 Å². The van der Waals surface area contributed by atoms with E-state index in [1.165, 1.54) is 23.1 Å². The summed E-state index contributed by atoms with van der Waals surface area (Å²) in [4.78, 5) is 41.2. The maximum absolute atomic E-state index is 13.4. The molecule has 0 aliphatic rings. The topological polar surface area (TPSA) is 87.3 Å². The maximum Gasteiger partial charge on any atom is 0.272 e. The van der Waals surface area contributed by atoms with Crippen LogP contribution in [0.5, 0.6) is 0 Å². The van der Waals surface area contributed by atoms with E-state index in [4.69, 9.17) is 23.2 Å². The first-order chi connectivity index (χ1) is 21.4. The minimum Gasteiger partial charge on any atom is -0.323 e. The van der Waals surface area contributed by atoms with Gasteiger partial charge in [0.2, 0.25) is 5.91 Å². The molecule has 3 N–H and O–H groups in total. The molecular weight excluding hydrogens is 633 g/mol. The lowest BCUT2D eigenvalue weighted by atomic mass is 10.1. The van der Waals surface area contributed by atoms with Crippen molar-refractivity contribution in [3.05, 3.63) is 152 Å². The fourth-order valence-corrected chi connectivity index (χ4v) is 6.24. The second-order valence-electron chi connectivity index (χ2n) is 9.39. The summed E-state index contributed by atoms with van der Waals surface area (Å²) in [5.74, 6) is -1.11. The number of thiophene rings is 1. The molecule has 5 rings (SSSR count). The van der Waals surface area contributed by atoms with Gasteiger partial charge in [-0.1, -0.05) is 77.8 Å².